The molecule has 26 heavy (non-hydrogen) atoms. The van der Waals surface area contributed by atoms with Gasteiger partial charge in [-0.2, -0.15) is 0 Å². The van der Waals surface area contributed by atoms with Gasteiger partial charge in [-0.3, -0.25) is 9.59 Å². The zero-order valence-electron chi connectivity index (χ0n) is 13.5. The van der Waals surface area contributed by atoms with Crippen molar-refractivity contribution in [1.82, 2.24) is 5.16 Å². The number of aromatic nitrogens is 1. The SMILES string of the molecule is Cc1cc(NC(=O)c2ccc(C(=O)Nc3cc(Cl)ccc3Cl)cc2)no1. The van der Waals surface area contributed by atoms with Crippen LogP contribution in [-0.4, -0.2) is 17.0 Å². The van der Waals surface area contributed by atoms with Crippen molar-refractivity contribution in [2.45, 2.75) is 6.92 Å². The summed E-state index contributed by atoms with van der Waals surface area (Å²) in [7, 11) is 0. The number of carbonyl (C=O) groups excluding carboxylic acids is 2. The predicted molar refractivity (Wildman–Crippen MR) is 100 cm³/mol. The van der Waals surface area contributed by atoms with Gasteiger partial charge in [0.25, 0.3) is 11.8 Å². The highest BCUT2D eigenvalue weighted by Gasteiger charge is 2.12. The van der Waals surface area contributed by atoms with E-state index in [1.807, 2.05) is 0 Å². The van der Waals surface area contributed by atoms with E-state index in [1.165, 1.54) is 24.3 Å². The van der Waals surface area contributed by atoms with Crippen molar-refractivity contribution in [2.24, 2.45) is 0 Å². The van der Waals surface area contributed by atoms with Crippen molar-refractivity contribution < 1.29 is 14.1 Å². The highest BCUT2D eigenvalue weighted by molar-refractivity contribution is 6.35. The van der Waals surface area contributed by atoms with Crippen LogP contribution in [0.25, 0.3) is 0 Å². The Labute approximate surface area is 159 Å². The lowest BCUT2D eigenvalue weighted by Gasteiger charge is -2.08. The number of rotatable bonds is 4. The number of nitrogens with one attached hydrogen (secondary N) is 2. The molecule has 0 saturated carbocycles. The minimum atomic E-state index is -0.367. The second-order valence-corrected chi connectivity index (χ2v) is 6.28. The molecule has 0 spiro atoms. The van der Waals surface area contributed by atoms with Crippen LogP contribution < -0.4 is 10.6 Å². The maximum atomic E-state index is 12.3. The summed E-state index contributed by atoms with van der Waals surface area (Å²) in [6.45, 7) is 1.72. The van der Waals surface area contributed by atoms with Gasteiger partial charge in [-0.1, -0.05) is 28.4 Å². The average molecular weight is 390 g/mol. The summed E-state index contributed by atoms with van der Waals surface area (Å²) >= 11 is 11.9. The molecule has 0 atom stereocenters. The van der Waals surface area contributed by atoms with Crippen LogP contribution >= 0.6 is 23.2 Å². The third-order valence-electron chi connectivity index (χ3n) is 3.46. The normalized spacial score (nSPS) is 10.4. The van der Waals surface area contributed by atoms with Gasteiger partial charge in [-0.25, -0.2) is 0 Å². The molecule has 3 rings (SSSR count). The third-order valence-corrected chi connectivity index (χ3v) is 4.02. The number of halogens is 2. The third kappa shape index (κ3) is 4.22. The van der Waals surface area contributed by atoms with Crippen LogP contribution in [0.1, 0.15) is 26.5 Å². The first-order chi connectivity index (χ1) is 12.4. The number of aryl methyl sites for hydroxylation is 1. The average Bonchev–Trinajstić information content (AvgIpc) is 3.03. The van der Waals surface area contributed by atoms with E-state index in [9.17, 15) is 9.59 Å². The maximum absolute atomic E-state index is 12.3. The van der Waals surface area contributed by atoms with Gasteiger partial charge in [0.2, 0.25) is 0 Å². The molecule has 2 aromatic carbocycles. The number of carbonyl (C=O) groups is 2. The van der Waals surface area contributed by atoms with E-state index >= 15 is 0 Å². The smallest absolute Gasteiger partial charge is 0.256 e. The van der Waals surface area contributed by atoms with Crippen molar-refractivity contribution >= 4 is 46.5 Å². The first-order valence-electron chi connectivity index (χ1n) is 7.53. The molecule has 6 nitrogen and oxygen atoms in total. The maximum Gasteiger partial charge on any atom is 0.256 e. The van der Waals surface area contributed by atoms with Crippen molar-refractivity contribution in [3.8, 4) is 0 Å². The van der Waals surface area contributed by atoms with Crippen molar-refractivity contribution in [3.05, 3.63) is 75.5 Å². The van der Waals surface area contributed by atoms with Crippen LogP contribution in [0.4, 0.5) is 11.5 Å². The van der Waals surface area contributed by atoms with Gasteiger partial charge in [-0.05, 0) is 49.4 Å². The van der Waals surface area contributed by atoms with E-state index in [0.29, 0.717) is 38.4 Å². The summed E-state index contributed by atoms with van der Waals surface area (Å²) in [5, 5.41) is 9.81. The second kappa shape index (κ2) is 7.59. The minimum Gasteiger partial charge on any atom is -0.360 e. The Morgan fingerprint density at radius 3 is 2.12 bits per heavy atom. The highest BCUT2D eigenvalue weighted by Crippen LogP contribution is 2.26. The largest absolute Gasteiger partial charge is 0.360 e. The van der Waals surface area contributed by atoms with Gasteiger partial charge in [-0.15, -0.1) is 0 Å². The number of hydrogen-bond acceptors (Lipinski definition) is 4. The summed E-state index contributed by atoms with van der Waals surface area (Å²) in [4.78, 5) is 24.5. The second-order valence-electron chi connectivity index (χ2n) is 5.43. The van der Waals surface area contributed by atoms with Gasteiger partial charge in [0.15, 0.2) is 5.82 Å². The summed E-state index contributed by atoms with van der Waals surface area (Å²) < 4.78 is 4.89. The molecule has 2 N–H and O–H groups in total. The first-order valence-corrected chi connectivity index (χ1v) is 8.29. The summed E-state index contributed by atoms with van der Waals surface area (Å²) in [5.41, 5.74) is 1.16. The van der Waals surface area contributed by atoms with Gasteiger partial charge in [0.05, 0.1) is 10.7 Å². The molecule has 2 amide bonds. The Hall–Kier alpha value is -2.83. The number of anilines is 2. The zero-order valence-corrected chi connectivity index (χ0v) is 15.1. The monoisotopic (exact) mass is 389 g/mol. The number of hydrogen-bond donors (Lipinski definition) is 2. The highest BCUT2D eigenvalue weighted by atomic mass is 35.5. The van der Waals surface area contributed by atoms with Crippen LogP contribution in [0.5, 0.6) is 0 Å². The summed E-state index contributed by atoms with van der Waals surface area (Å²) in [6, 6.07) is 12.5. The van der Waals surface area contributed by atoms with E-state index in [-0.39, 0.29) is 11.8 Å². The Morgan fingerprint density at radius 2 is 1.54 bits per heavy atom. The topological polar surface area (TPSA) is 84.2 Å². The van der Waals surface area contributed by atoms with Crippen molar-refractivity contribution in [1.29, 1.82) is 0 Å². The van der Waals surface area contributed by atoms with E-state index in [0.717, 1.165) is 0 Å². The molecule has 0 fully saturated rings. The molecular formula is C18H13Cl2N3O3. The molecule has 0 aliphatic rings. The minimum absolute atomic E-state index is 0.324. The van der Waals surface area contributed by atoms with Crippen LogP contribution in [0.15, 0.2) is 53.1 Å². The van der Waals surface area contributed by atoms with E-state index in [1.54, 1.807) is 31.2 Å². The summed E-state index contributed by atoms with van der Waals surface area (Å²) in [6.07, 6.45) is 0. The van der Waals surface area contributed by atoms with Crippen LogP contribution in [0.3, 0.4) is 0 Å². The Kier molecular flexibility index (Phi) is 5.25. The molecule has 132 valence electrons. The van der Waals surface area contributed by atoms with E-state index < -0.39 is 0 Å². The predicted octanol–water partition coefficient (Wildman–Crippen LogP) is 4.79. The fraction of sp³-hybridized carbons (Fsp3) is 0.0556. The Morgan fingerprint density at radius 1 is 0.923 bits per heavy atom. The van der Waals surface area contributed by atoms with Gasteiger partial charge < -0.3 is 15.2 Å². The van der Waals surface area contributed by atoms with Gasteiger partial charge in [0, 0.05) is 22.2 Å². The molecule has 0 radical (unpaired) electrons. The summed E-state index contributed by atoms with van der Waals surface area (Å²) in [5.74, 6) is 0.188. The quantitative estimate of drug-likeness (QED) is 0.671. The molecule has 0 saturated heterocycles. The zero-order chi connectivity index (χ0) is 18.7. The molecule has 0 unspecified atom stereocenters. The van der Waals surface area contributed by atoms with E-state index in [4.69, 9.17) is 27.7 Å². The lowest BCUT2D eigenvalue weighted by atomic mass is 10.1. The Bertz CT molecular complexity index is 968. The number of amides is 2. The Balaban J connectivity index is 1.69. The van der Waals surface area contributed by atoms with Crippen molar-refractivity contribution in [3.63, 3.8) is 0 Å². The standard InChI is InChI=1S/C18H13Cl2N3O3/c1-10-8-16(23-26-10)22-18(25)12-4-2-11(3-5-12)17(24)21-15-9-13(19)6-7-14(15)20/h2-9H,1H3,(H,21,24)(H,22,23,25). The molecule has 0 aliphatic heterocycles. The van der Waals surface area contributed by atoms with Crippen molar-refractivity contribution in [2.75, 3.05) is 10.6 Å². The number of nitrogens with zero attached hydrogens (tertiary/aromatic N) is 1. The molecule has 0 aliphatic carbocycles. The van der Waals surface area contributed by atoms with Crippen LogP contribution in [0.2, 0.25) is 10.0 Å². The molecule has 3 aromatic rings. The molecular weight excluding hydrogens is 377 g/mol. The van der Waals surface area contributed by atoms with Crippen LogP contribution in [-0.2, 0) is 0 Å². The fourth-order valence-electron chi connectivity index (χ4n) is 2.17. The van der Waals surface area contributed by atoms with Crippen LogP contribution in [0, 0.1) is 6.92 Å². The van der Waals surface area contributed by atoms with E-state index in [2.05, 4.69) is 15.8 Å². The van der Waals surface area contributed by atoms with Gasteiger partial charge >= 0.3 is 0 Å². The lowest BCUT2D eigenvalue weighted by molar-refractivity contribution is 0.101. The molecule has 1 heterocycles. The number of benzene rings is 2. The molecule has 0 bridgehead atoms. The molecule has 8 heteroatoms. The fourth-order valence-corrected chi connectivity index (χ4v) is 2.51. The lowest BCUT2D eigenvalue weighted by Crippen LogP contribution is -2.14. The first kappa shape index (κ1) is 18.0. The van der Waals surface area contributed by atoms with Gasteiger partial charge in [0.1, 0.15) is 5.76 Å². The molecule has 1 aromatic heterocycles.